The Labute approximate surface area is 152 Å². The van der Waals surface area contributed by atoms with Crippen molar-refractivity contribution in [1.82, 2.24) is 10.2 Å². The minimum atomic E-state index is -0.156. The molecule has 0 aliphatic carbocycles. The highest BCUT2D eigenvalue weighted by Crippen LogP contribution is 2.10. The van der Waals surface area contributed by atoms with Crippen LogP contribution in [0.3, 0.4) is 0 Å². The van der Waals surface area contributed by atoms with E-state index in [1.807, 2.05) is 29.6 Å². The van der Waals surface area contributed by atoms with E-state index >= 15 is 0 Å². The highest BCUT2D eigenvalue weighted by Gasteiger charge is 2.15. The van der Waals surface area contributed by atoms with E-state index in [9.17, 15) is 9.59 Å². The number of hydrogen-bond donors (Lipinski definition) is 1. The molecule has 0 spiro atoms. The normalized spacial score (nSPS) is 10.4. The summed E-state index contributed by atoms with van der Waals surface area (Å²) in [4.78, 5) is 26.0. The smallest absolute Gasteiger partial charge is 0.264 e. The number of nitrogens with zero attached hydrogens (tertiary/aromatic N) is 1. The highest BCUT2D eigenvalue weighted by atomic mass is 32.1. The van der Waals surface area contributed by atoms with Gasteiger partial charge in [0.05, 0.1) is 18.0 Å². The molecule has 0 radical (unpaired) electrons. The Bertz CT molecular complexity index is 644. The minimum absolute atomic E-state index is 0.0611. The summed E-state index contributed by atoms with van der Waals surface area (Å²) in [5.74, 6) is -0.286. The topological polar surface area (TPSA) is 58.6 Å². The van der Waals surface area contributed by atoms with Gasteiger partial charge in [0.2, 0.25) is 5.91 Å². The molecule has 0 aliphatic heterocycles. The number of nitrogens with one attached hydrogen (secondary N) is 1. The van der Waals surface area contributed by atoms with Crippen molar-refractivity contribution in [2.75, 3.05) is 33.4 Å². The van der Waals surface area contributed by atoms with Gasteiger partial charge < -0.3 is 15.0 Å². The molecule has 1 aromatic carbocycles. The quantitative estimate of drug-likeness (QED) is 0.663. The molecule has 0 atom stereocenters. The van der Waals surface area contributed by atoms with Crippen molar-refractivity contribution >= 4 is 23.2 Å². The molecule has 0 unspecified atom stereocenters. The number of rotatable bonds is 10. The van der Waals surface area contributed by atoms with Crippen LogP contribution in [-0.4, -0.2) is 50.1 Å². The molecule has 134 valence electrons. The van der Waals surface area contributed by atoms with E-state index < -0.39 is 0 Å². The van der Waals surface area contributed by atoms with Crippen molar-refractivity contribution < 1.29 is 14.3 Å². The van der Waals surface area contributed by atoms with Gasteiger partial charge in [0.1, 0.15) is 0 Å². The largest absolute Gasteiger partial charge is 0.381 e. The molecule has 2 amide bonds. The Morgan fingerprint density at radius 3 is 2.64 bits per heavy atom. The van der Waals surface area contributed by atoms with Crippen molar-refractivity contribution in [2.24, 2.45) is 0 Å². The molecule has 5 nitrogen and oxygen atoms in total. The van der Waals surface area contributed by atoms with Crippen LogP contribution in [0.25, 0.3) is 0 Å². The number of benzene rings is 1. The summed E-state index contributed by atoms with van der Waals surface area (Å²) in [6.07, 6.45) is 1.64. The van der Waals surface area contributed by atoms with Crippen molar-refractivity contribution in [3.63, 3.8) is 0 Å². The van der Waals surface area contributed by atoms with Crippen LogP contribution in [0.5, 0.6) is 0 Å². The predicted molar refractivity (Wildman–Crippen MR) is 99.9 cm³/mol. The summed E-state index contributed by atoms with van der Waals surface area (Å²) in [7, 11) is 1.63. The molecule has 0 saturated carbocycles. The standard InChI is InChI=1S/C19H24N2O3S/c1-21(19(23)17-9-5-14-25-17)15-18(22)20-11-6-12-24-13-10-16-7-3-2-4-8-16/h2-5,7-9,14H,6,10-13,15H2,1H3,(H,20,22). The average molecular weight is 360 g/mol. The lowest BCUT2D eigenvalue weighted by molar-refractivity contribution is -0.121. The average Bonchev–Trinajstić information content (AvgIpc) is 3.15. The third-order valence-electron chi connectivity index (χ3n) is 3.62. The zero-order valence-electron chi connectivity index (χ0n) is 14.4. The van der Waals surface area contributed by atoms with E-state index in [0.29, 0.717) is 24.6 Å². The minimum Gasteiger partial charge on any atom is -0.381 e. The van der Waals surface area contributed by atoms with Gasteiger partial charge in [-0.15, -0.1) is 11.3 Å². The van der Waals surface area contributed by atoms with Gasteiger partial charge in [-0.25, -0.2) is 0 Å². The summed E-state index contributed by atoms with van der Waals surface area (Å²) in [5.41, 5.74) is 1.26. The Hall–Kier alpha value is -2.18. The number of carbonyl (C=O) groups is 2. The third kappa shape index (κ3) is 7.07. The van der Waals surface area contributed by atoms with E-state index in [0.717, 1.165) is 12.8 Å². The first-order chi connectivity index (χ1) is 12.2. The predicted octanol–water partition coefficient (Wildman–Crippen LogP) is 2.59. The lowest BCUT2D eigenvalue weighted by Crippen LogP contribution is -2.38. The number of ether oxygens (including phenoxy) is 1. The Morgan fingerprint density at radius 2 is 1.92 bits per heavy atom. The lowest BCUT2D eigenvalue weighted by atomic mass is 10.2. The van der Waals surface area contributed by atoms with Gasteiger partial charge in [-0.1, -0.05) is 36.4 Å². The van der Waals surface area contributed by atoms with E-state index in [1.54, 1.807) is 13.1 Å². The molecule has 0 saturated heterocycles. The molecule has 1 aromatic heterocycles. The molecule has 25 heavy (non-hydrogen) atoms. The van der Waals surface area contributed by atoms with Gasteiger partial charge in [-0.3, -0.25) is 9.59 Å². The number of carbonyl (C=O) groups excluding carboxylic acids is 2. The first-order valence-electron chi connectivity index (χ1n) is 8.34. The molecule has 0 aliphatic rings. The second kappa shape index (κ2) is 10.6. The summed E-state index contributed by atoms with van der Waals surface area (Å²) < 4.78 is 5.57. The van der Waals surface area contributed by atoms with Crippen molar-refractivity contribution in [1.29, 1.82) is 0 Å². The van der Waals surface area contributed by atoms with Crippen LogP contribution in [0.2, 0.25) is 0 Å². The molecule has 1 N–H and O–H groups in total. The summed E-state index contributed by atoms with van der Waals surface area (Å²) in [5, 5.41) is 4.66. The molecule has 0 fully saturated rings. The molecule has 2 rings (SSSR count). The maximum absolute atomic E-state index is 12.0. The Kier molecular flexibility index (Phi) is 8.15. The van der Waals surface area contributed by atoms with E-state index in [4.69, 9.17) is 4.74 Å². The fourth-order valence-corrected chi connectivity index (χ4v) is 2.99. The van der Waals surface area contributed by atoms with Gasteiger partial charge in [0.15, 0.2) is 0 Å². The summed E-state index contributed by atoms with van der Waals surface area (Å²) in [6.45, 7) is 1.89. The zero-order valence-corrected chi connectivity index (χ0v) is 15.3. The Morgan fingerprint density at radius 1 is 1.12 bits per heavy atom. The number of likely N-dealkylation sites (N-methyl/N-ethyl adjacent to an activating group) is 1. The van der Waals surface area contributed by atoms with E-state index in [2.05, 4.69) is 17.4 Å². The number of hydrogen-bond acceptors (Lipinski definition) is 4. The molecule has 2 aromatic rings. The first kappa shape index (κ1) is 19.1. The van der Waals surface area contributed by atoms with Gasteiger partial charge in [-0.2, -0.15) is 0 Å². The molecular weight excluding hydrogens is 336 g/mol. The van der Waals surface area contributed by atoms with E-state index in [1.165, 1.54) is 21.8 Å². The highest BCUT2D eigenvalue weighted by molar-refractivity contribution is 7.12. The van der Waals surface area contributed by atoms with Crippen molar-refractivity contribution in [3.05, 3.63) is 58.3 Å². The van der Waals surface area contributed by atoms with Crippen LogP contribution in [0, 0.1) is 0 Å². The van der Waals surface area contributed by atoms with Crippen molar-refractivity contribution in [3.8, 4) is 0 Å². The number of thiophene rings is 1. The lowest BCUT2D eigenvalue weighted by Gasteiger charge is -2.15. The summed E-state index contributed by atoms with van der Waals surface area (Å²) in [6, 6.07) is 13.8. The van der Waals surface area contributed by atoms with Gasteiger partial charge in [0, 0.05) is 20.2 Å². The maximum Gasteiger partial charge on any atom is 0.264 e. The Balaban J connectivity index is 1.51. The van der Waals surface area contributed by atoms with Gasteiger partial charge in [-0.05, 0) is 29.9 Å². The maximum atomic E-state index is 12.0. The van der Waals surface area contributed by atoms with Crippen molar-refractivity contribution in [2.45, 2.75) is 12.8 Å². The summed E-state index contributed by atoms with van der Waals surface area (Å²) >= 11 is 1.37. The van der Waals surface area contributed by atoms with Crippen LogP contribution in [0.1, 0.15) is 21.7 Å². The van der Waals surface area contributed by atoms with Gasteiger partial charge in [0.25, 0.3) is 5.91 Å². The molecule has 1 heterocycles. The first-order valence-corrected chi connectivity index (χ1v) is 9.22. The fourth-order valence-electron chi connectivity index (χ4n) is 2.27. The van der Waals surface area contributed by atoms with Crippen LogP contribution < -0.4 is 5.32 Å². The van der Waals surface area contributed by atoms with Crippen LogP contribution >= 0.6 is 11.3 Å². The van der Waals surface area contributed by atoms with E-state index in [-0.39, 0.29) is 18.4 Å². The van der Waals surface area contributed by atoms with Gasteiger partial charge >= 0.3 is 0 Å². The fraction of sp³-hybridized carbons (Fsp3) is 0.368. The number of amides is 2. The van der Waals surface area contributed by atoms with Crippen LogP contribution in [-0.2, 0) is 16.0 Å². The second-order valence-electron chi connectivity index (χ2n) is 5.69. The van der Waals surface area contributed by atoms with Crippen LogP contribution in [0.15, 0.2) is 47.8 Å². The SMILES string of the molecule is CN(CC(=O)NCCCOCCc1ccccc1)C(=O)c1cccs1. The van der Waals surface area contributed by atoms with Crippen LogP contribution in [0.4, 0.5) is 0 Å². The zero-order chi connectivity index (χ0) is 17.9. The molecule has 6 heteroatoms. The second-order valence-corrected chi connectivity index (χ2v) is 6.64. The molecular formula is C19H24N2O3S. The molecule has 0 bridgehead atoms. The monoisotopic (exact) mass is 360 g/mol. The third-order valence-corrected chi connectivity index (χ3v) is 4.48.